The molecule has 76 valence electrons. The van der Waals surface area contributed by atoms with E-state index < -0.39 is 0 Å². The summed E-state index contributed by atoms with van der Waals surface area (Å²) in [4.78, 5) is 0. The highest BCUT2D eigenvalue weighted by atomic mass is 127. The Morgan fingerprint density at radius 1 is 1.29 bits per heavy atom. The quantitative estimate of drug-likeness (QED) is 0.692. The Balaban J connectivity index is 2.34. The predicted octanol–water partition coefficient (Wildman–Crippen LogP) is 3.03. The number of phenolic OH excluding ortho intramolecular Hbond substituents is 1. The predicted molar refractivity (Wildman–Crippen MR) is 73.5 cm³/mol. The number of rotatable bonds is 1. The molecule has 2 rings (SSSR count). The molecule has 1 saturated heterocycles. The summed E-state index contributed by atoms with van der Waals surface area (Å²) in [6.45, 7) is 1.11. The molecule has 1 aliphatic rings. The Morgan fingerprint density at radius 2 is 1.93 bits per heavy atom. The number of nitrogens with one attached hydrogen (secondary N) is 1. The Labute approximate surface area is 111 Å². The first kappa shape index (κ1) is 10.9. The van der Waals surface area contributed by atoms with E-state index in [-0.39, 0.29) is 0 Å². The Kier molecular flexibility index (Phi) is 3.54. The van der Waals surface area contributed by atoms with Crippen molar-refractivity contribution in [1.29, 1.82) is 0 Å². The van der Waals surface area contributed by atoms with Crippen molar-refractivity contribution >= 4 is 45.2 Å². The van der Waals surface area contributed by atoms with Crippen molar-refractivity contribution in [2.45, 2.75) is 18.9 Å². The fourth-order valence-electron chi connectivity index (χ4n) is 1.76. The number of hydrogen-bond acceptors (Lipinski definition) is 2. The second-order valence-electron chi connectivity index (χ2n) is 3.48. The van der Waals surface area contributed by atoms with Gasteiger partial charge in [0.2, 0.25) is 0 Å². The molecule has 2 N–H and O–H groups in total. The molecule has 0 aliphatic carbocycles. The minimum Gasteiger partial charge on any atom is -0.506 e. The number of phenols is 1. The molecular formula is C10H11I2NO. The standard InChI is InChI=1S/C10H11I2NO/c11-7-4-6(5-8(12)10(7)14)9-2-1-3-13-9/h4-5,9,13-14H,1-3H2/t9-/m0/s1. The summed E-state index contributed by atoms with van der Waals surface area (Å²) < 4.78 is 1.89. The van der Waals surface area contributed by atoms with Crippen LogP contribution in [0.25, 0.3) is 0 Å². The van der Waals surface area contributed by atoms with Gasteiger partial charge in [0.15, 0.2) is 0 Å². The highest BCUT2D eigenvalue weighted by Crippen LogP contribution is 2.32. The zero-order chi connectivity index (χ0) is 10.1. The maximum atomic E-state index is 9.64. The summed E-state index contributed by atoms with van der Waals surface area (Å²) in [5, 5.41) is 13.1. The number of benzene rings is 1. The topological polar surface area (TPSA) is 32.3 Å². The summed E-state index contributed by atoms with van der Waals surface area (Å²) in [5.41, 5.74) is 1.30. The van der Waals surface area contributed by atoms with Gasteiger partial charge in [-0.1, -0.05) is 0 Å². The van der Waals surface area contributed by atoms with E-state index in [1.165, 1.54) is 18.4 Å². The van der Waals surface area contributed by atoms with E-state index in [9.17, 15) is 5.11 Å². The smallest absolute Gasteiger partial charge is 0.142 e. The van der Waals surface area contributed by atoms with E-state index in [2.05, 4.69) is 62.6 Å². The van der Waals surface area contributed by atoms with Gasteiger partial charge in [-0.2, -0.15) is 0 Å². The van der Waals surface area contributed by atoms with Crippen molar-refractivity contribution in [3.05, 3.63) is 24.8 Å². The van der Waals surface area contributed by atoms with E-state index in [0.717, 1.165) is 13.7 Å². The van der Waals surface area contributed by atoms with Crippen molar-refractivity contribution in [3.63, 3.8) is 0 Å². The van der Waals surface area contributed by atoms with Gasteiger partial charge in [-0.05, 0) is 82.3 Å². The van der Waals surface area contributed by atoms with Crippen LogP contribution in [0.1, 0.15) is 24.4 Å². The molecule has 1 heterocycles. The molecule has 1 aromatic rings. The summed E-state index contributed by atoms with van der Waals surface area (Å²) in [7, 11) is 0. The number of hydrogen-bond donors (Lipinski definition) is 2. The van der Waals surface area contributed by atoms with Gasteiger partial charge in [0, 0.05) is 6.04 Å². The molecule has 0 radical (unpaired) electrons. The van der Waals surface area contributed by atoms with Crippen molar-refractivity contribution in [2.75, 3.05) is 6.54 Å². The van der Waals surface area contributed by atoms with Gasteiger partial charge in [-0.25, -0.2) is 0 Å². The highest BCUT2D eigenvalue weighted by Gasteiger charge is 2.18. The molecule has 1 atom stereocenters. The largest absolute Gasteiger partial charge is 0.506 e. The molecule has 0 amide bonds. The summed E-state index contributed by atoms with van der Waals surface area (Å²) in [6.07, 6.45) is 2.45. The third-order valence-corrected chi connectivity index (χ3v) is 4.15. The van der Waals surface area contributed by atoms with Crippen LogP contribution in [-0.4, -0.2) is 11.7 Å². The lowest BCUT2D eigenvalue weighted by atomic mass is 10.1. The molecule has 1 aromatic carbocycles. The van der Waals surface area contributed by atoms with Crippen LogP contribution in [0.3, 0.4) is 0 Å². The van der Waals surface area contributed by atoms with Crippen molar-refractivity contribution in [3.8, 4) is 5.75 Å². The number of halogens is 2. The molecule has 1 aliphatic heterocycles. The molecule has 0 aromatic heterocycles. The molecular weight excluding hydrogens is 404 g/mol. The van der Waals surface area contributed by atoms with Crippen LogP contribution in [0, 0.1) is 7.14 Å². The first-order valence-corrected chi connectivity index (χ1v) is 6.75. The van der Waals surface area contributed by atoms with Crippen molar-refractivity contribution < 1.29 is 5.11 Å². The van der Waals surface area contributed by atoms with Gasteiger partial charge in [-0.15, -0.1) is 0 Å². The molecule has 4 heteroatoms. The van der Waals surface area contributed by atoms with E-state index in [4.69, 9.17) is 0 Å². The maximum Gasteiger partial charge on any atom is 0.142 e. The van der Waals surface area contributed by atoms with Crippen LogP contribution in [0.4, 0.5) is 0 Å². The highest BCUT2D eigenvalue weighted by molar-refractivity contribution is 14.1. The minimum absolute atomic E-state index is 0.410. The zero-order valence-electron chi connectivity index (χ0n) is 7.56. The molecule has 14 heavy (non-hydrogen) atoms. The van der Waals surface area contributed by atoms with Crippen LogP contribution < -0.4 is 5.32 Å². The SMILES string of the molecule is Oc1c(I)cc([C@@H]2CCCN2)cc1I. The second-order valence-corrected chi connectivity index (χ2v) is 5.81. The minimum atomic E-state index is 0.410. The van der Waals surface area contributed by atoms with E-state index >= 15 is 0 Å². The van der Waals surface area contributed by atoms with Gasteiger partial charge in [-0.3, -0.25) is 0 Å². The molecule has 0 bridgehead atoms. The summed E-state index contributed by atoms with van der Waals surface area (Å²) in [6, 6.07) is 4.62. The molecule has 0 unspecified atom stereocenters. The average molecular weight is 415 g/mol. The van der Waals surface area contributed by atoms with Crippen molar-refractivity contribution in [1.82, 2.24) is 5.32 Å². The molecule has 0 saturated carbocycles. The lowest BCUT2D eigenvalue weighted by molar-refractivity contribution is 0.466. The van der Waals surface area contributed by atoms with Crippen molar-refractivity contribution in [2.24, 2.45) is 0 Å². The Hall–Kier alpha value is 0.440. The van der Waals surface area contributed by atoms with E-state index in [1.807, 2.05) is 0 Å². The van der Waals surface area contributed by atoms with E-state index in [1.54, 1.807) is 0 Å². The lowest BCUT2D eigenvalue weighted by Gasteiger charge is -2.12. The van der Waals surface area contributed by atoms with Gasteiger partial charge in [0.25, 0.3) is 0 Å². The lowest BCUT2D eigenvalue weighted by Crippen LogP contribution is -2.13. The third-order valence-electron chi connectivity index (χ3n) is 2.50. The van der Waals surface area contributed by atoms with Gasteiger partial charge in [0.1, 0.15) is 5.75 Å². The Bertz CT molecular complexity index is 325. The van der Waals surface area contributed by atoms with Crippen LogP contribution in [0.15, 0.2) is 12.1 Å². The van der Waals surface area contributed by atoms with Gasteiger partial charge < -0.3 is 10.4 Å². The van der Waals surface area contributed by atoms with Crippen LogP contribution in [0.5, 0.6) is 5.75 Å². The monoisotopic (exact) mass is 415 g/mol. The molecule has 1 fully saturated rings. The Morgan fingerprint density at radius 3 is 2.43 bits per heavy atom. The third kappa shape index (κ3) is 2.16. The summed E-state index contributed by atoms with van der Waals surface area (Å²) >= 11 is 4.36. The fraction of sp³-hybridized carbons (Fsp3) is 0.400. The van der Waals surface area contributed by atoms with Crippen LogP contribution in [0.2, 0.25) is 0 Å². The van der Waals surface area contributed by atoms with Crippen LogP contribution in [-0.2, 0) is 0 Å². The first-order valence-electron chi connectivity index (χ1n) is 4.60. The molecule has 2 nitrogen and oxygen atoms in total. The maximum absolute atomic E-state index is 9.64. The fourth-order valence-corrected chi connectivity index (χ4v) is 3.57. The van der Waals surface area contributed by atoms with E-state index in [0.29, 0.717) is 11.8 Å². The normalized spacial score (nSPS) is 21.4. The summed E-state index contributed by atoms with van der Waals surface area (Å²) in [5.74, 6) is 0.410. The van der Waals surface area contributed by atoms with Crippen LogP contribution >= 0.6 is 45.2 Å². The zero-order valence-corrected chi connectivity index (χ0v) is 11.9. The van der Waals surface area contributed by atoms with Gasteiger partial charge in [0.05, 0.1) is 7.14 Å². The second kappa shape index (κ2) is 4.52. The number of aromatic hydroxyl groups is 1. The first-order chi connectivity index (χ1) is 6.68. The average Bonchev–Trinajstić information content (AvgIpc) is 2.66. The molecule has 0 spiro atoms. The van der Waals surface area contributed by atoms with Gasteiger partial charge >= 0.3 is 0 Å².